The molecular weight excluding hydrogens is 254 g/mol. The van der Waals surface area contributed by atoms with E-state index in [1.54, 1.807) is 0 Å². The Labute approximate surface area is 101 Å². The van der Waals surface area contributed by atoms with Gasteiger partial charge < -0.3 is 5.32 Å². The topological polar surface area (TPSA) is 29.1 Å². The van der Waals surface area contributed by atoms with Crippen LogP contribution in [0.1, 0.15) is 39.5 Å². The van der Waals surface area contributed by atoms with Gasteiger partial charge in [-0.05, 0) is 31.6 Å². The fraction of sp³-hybridized carbons (Fsp3) is 0.750. The van der Waals surface area contributed by atoms with E-state index in [1.165, 1.54) is 24.8 Å². The van der Waals surface area contributed by atoms with E-state index in [0.29, 0.717) is 5.92 Å². The standard InChI is InChI=1S/C12H20BrNO/c1-9(2)11(13)12(15)14-8-7-10-5-3-4-6-10/h5,9,11H,3-4,6-8H2,1-2H3,(H,14,15). The number of carbonyl (C=O) groups is 1. The van der Waals surface area contributed by atoms with Gasteiger partial charge in [0.1, 0.15) is 0 Å². The fourth-order valence-electron chi connectivity index (χ4n) is 1.71. The van der Waals surface area contributed by atoms with Crippen LogP contribution in [0.5, 0.6) is 0 Å². The highest BCUT2D eigenvalue weighted by Crippen LogP contribution is 2.19. The van der Waals surface area contributed by atoms with Crippen molar-refractivity contribution < 1.29 is 4.79 Å². The van der Waals surface area contributed by atoms with E-state index in [4.69, 9.17) is 0 Å². The monoisotopic (exact) mass is 273 g/mol. The third-order valence-electron chi connectivity index (χ3n) is 2.72. The van der Waals surface area contributed by atoms with Crippen molar-refractivity contribution in [2.75, 3.05) is 6.54 Å². The predicted octanol–water partition coefficient (Wildman–Crippen LogP) is 3.02. The van der Waals surface area contributed by atoms with Gasteiger partial charge >= 0.3 is 0 Å². The van der Waals surface area contributed by atoms with Crippen LogP contribution in [-0.2, 0) is 4.79 Å². The first kappa shape index (κ1) is 12.8. The number of halogens is 1. The Hall–Kier alpha value is -0.310. The highest BCUT2D eigenvalue weighted by Gasteiger charge is 2.17. The second-order valence-electron chi connectivity index (χ2n) is 4.44. The smallest absolute Gasteiger partial charge is 0.234 e. The Morgan fingerprint density at radius 1 is 1.60 bits per heavy atom. The average Bonchev–Trinajstić information content (AvgIpc) is 2.69. The molecule has 15 heavy (non-hydrogen) atoms. The molecule has 1 atom stereocenters. The van der Waals surface area contributed by atoms with Crippen molar-refractivity contribution in [1.82, 2.24) is 5.32 Å². The van der Waals surface area contributed by atoms with Crippen molar-refractivity contribution in [1.29, 1.82) is 0 Å². The summed E-state index contributed by atoms with van der Waals surface area (Å²) in [5.41, 5.74) is 1.51. The van der Waals surface area contributed by atoms with Gasteiger partial charge in [-0.3, -0.25) is 4.79 Å². The summed E-state index contributed by atoms with van der Waals surface area (Å²) in [6.07, 6.45) is 7.05. The van der Waals surface area contributed by atoms with E-state index in [-0.39, 0.29) is 10.7 Å². The normalized spacial score (nSPS) is 17.7. The molecule has 86 valence electrons. The van der Waals surface area contributed by atoms with Crippen molar-refractivity contribution in [3.05, 3.63) is 11.6 Å². The summed E-state index contributed by atoms with van der Waals surface area (Å²) in [5, 5.41) is 2.96. The third-order valence-corrected chi connectivity index (χ3v) is 4.19. The Morgan fingerprint density at radius 2 is 2.33 bits per heavy atom. The molecule has 0 aromatic carbocycles. The molecule has 0 spiro atoms. The molecule has 3 heteroatoms. The zero-order valence-electron chi connectivity index (χ0n) is 9.55. The van der Waals surface area contributed by atoms with Gasteiger partial charge in [0.05, 0.1) is 4.83 Å². The summed E-state index contributed by atoms with van der Waals surface area (Å²) in [4.78, 5) is 11.5. The molecular formula is C12H20BrNO. The molecule has 0 bridgehead atoms. The minimum absolute atomic E-state index is 0.0601. The molecule has 1 amide bonds. The van der Waals surface area contributed by atoms with Crippen molar-refractivity contribution in [2.45, 2.75) is 44.4 Å². The van der Waals surface area contributed by atoms with Crippen molar-refractivity contribution >= 4 is 21.8 Å². The van der Waals surface area contributed by atoms with Gasteiger partial charge in [-0.15, -0.1) is 0 Å². The molecule has 0 heterocycles. The second kappa shape index (κ2) is 6.31. The number of alkyl halides is 1. The van der Waals surface area contributed by atoms with Crippen LogP contribution in [-0.4, -0.2) is 17.3 Å². The molecule has 0 saturated carbocycles. The maximum Gasteiger partial charge on any atom is 0.234 e. The van der Waals surface area contributed by atoms with Crippen LogP contribution < -0.4 is 5.32 Å². The summed E-state index contributed by atoms with van der Waals surface area (Å²) in [7, 11) is 0. The van der Waals surface area contributed by atoms with Crippen LogP contribution in [0.15, 0.2) is 11.6 Å². The highest BCUT2D eigenvalue weighted by atomic mass is 79.9. The molecule has 0 radical (unpaired) electrons. The third kappa shape index (κ3) is 4.37. The highest BCUT2D eigenvalue weighted by molar-refractivity contribution is 9.10. The van der Waals surface area contributed by atoms with E-state index in [9.17, 15) is 4.79 Å². The molecule has 1 unspecified atom stereocenters. The van der Waals surface area contributed by atoms with Crippen LogP contribution in [0.2, 0.25) is 0 Å². The van der Waals surface area contributed by atoms with E-state index < -0.39 is 0 Å². The van der Waals surface area contributed by atoms with Gasteiger partial charge in [0.2, 0.25) is 5.91 Å². The van der Waals surface area contributed by atoms with Gasteiger partial charge in [-0.25, -0.2) is 0 Å². The van der Waals surface area contributed by atoms with Crippen molar-refractivity contribution in [2.24, 2.45) is 5.92 Å². The average molecular weight is 274 g/mol. The van der Waals surface area contributed by atoms with Gasteiger partial charge in [-0.2, -0.15) is 0 Å². The second-order valence-corrected chi connectivity index (χ2v) is 5.43. The number of rotatable bonds is 5. The van der Waals surface area contributed by atoms with Crippen molar-refractivity contribution in [3.63, 3.8) is 0 Å². The fourth-order valence-corrected chi connectivity index (χ4v) is 1.87. The van der Waals surface area contributed by atoms with Crippen LogP contribution in [0, 0.1) is 5.92 Å². The number of carbonyl (C=O) groups excluding carboxylic acids is 1. The van der Waals surface area contributed by atoms with Crippen LogP contribution >= 0.6 is 15.9 Å². The lowest BCUT2D eigenvalue weighted by Gasteiger charge is -2.13. The molecule has 0 fully saturated rings. The zero-order chi connectivity index (χ0) is 11.3. The minimum Gasteiger partial charge on any atom is -0.355 e. The number of hydrogen-bond donors (Lipinski definition) is 1. The maximum absolute atomic E-state index is 11.6. The molecule has 1 rings (SSSR count). The SMILES string of the molecule is CC(C)C(Br)C(=O)NCCC1=CCCC1. The number of allylic oxidation sites excluding steroid dienone is 1. The summed E-state index contributed by atoms with van der Waals surface area (Å²) in [6, 6.07) is 0. The predicted molar refractivity (Wildman–Crippen MR) is 67.1 cm³/mol. The summed E-state index contributed by atoms with van der Waals surface area (Å²) < 4.78 is 0. The quantitative estimate of drug-likeness (QED) is 0.606. The molecule has 1 aliphatic rings. The first-order valence-corrected chi connectivity index (χ1v) is 6.62. The Balaban J connectivity index is 2.16. The summed E-state index contributed by atoms with van der Waals surface area (Å²) >= 11 is 3.39. The van der Waals surface area contributed by atoms with Crippen LogP contribution in [0.25, 0.3) is 0 Å². The van der Waals surface area contributed by atoms with E-state index >= 15 is 0 Å². The maximum atomic E-state index is 11.6. The minimum atomic E-state index is -0.0601. The van der Waals surface area contributed by atoms with E-state index in [0.717, 1.165) is 13.0 Å². The van der Waals surface area contributed by atoms with Crippen LogP contribution in [0.4, 0.5) is 0 Å². The van der Waals surface area contributed by atoms with Gasteiger partial charge in [0.15, 0.2) is 0 Å². The molecule has 1 aliphatic carbocycles. The van der Waals surface area contributed by atoms with Crippen molar-refractivity contribution in [3.8, 4) is 0 Å². The van der Waals surface area contributed by atoms with Crippen LogP contribution in [0.3, 0.4) is 0 Å². The van der Waals surface area contributed by atoms with E-state index in [1.807, 2.05) is 13.8 Å². The summed E-state index contributed by atoms with van der Waals surface area (Å²) in [6.45, 7) is 4.86. The Kier molecular flexibility index (Phi) is 5.37. The summed E-state index contributed by atoms with van der Waals surface area (Å²) in [5.74, 6) is 0.458. The molecule has 1 N–H and O–H groups in total. The Morgan fingerprint density at radius 3 is 2.87 bits per heavy atom. The zero-order valence-corrected chi connectivity index (χ0v) is 11.1. The largest absolute Gasteiger partial charge is 0.355 e. The molecule has 0 saturated heterocycles. The van der Waals surface area contributed by atoms with Gasteiger partial charge in [0, 0.05) is 6.54 Å². The van der Waals surface area contributed by atoms with Gasteiger partial charge in [0.25, 0.3) is 0 Å². The number of amides is 1. The molecule has 0 aromatic rings. The molecule has 2 nitrogen and oxygen atoms in total. The molecule has 0 aliphatic heterocycles. The lowest BCUT2D eigenvalue weighted by atomic mass is 10.1. The van der Waals surface area contributed by atoms with E-state index in [2.05, 4.69) is 27.3 Å². The first-order valence-electron chi connectivity index (χ1n) is 5.71. The van der Waals surface area contributed by atoms with Gasteiger partial charge in [-0.1, -0.05) is 41.4 Å². The number of nitrogens with one attached hydrogen (secondary N) is 1. The Bertz CT molecular complexity index is 248. The lowest BCUT2D eigenvalue weighted by molar-refractivity contribution is -0.121. The molecule has 0 aromatic heterocycles. The first-order chi connectivity index (χ1) is 7.11. The number of hydrogen-bond acceptors (Lipinski definition) is 1. The lowest BCUT2D eigenvalue weighted by Crippen LogP contribution is -2.34.